The molecule has 0 aromatic rings. The van der Waals surface area contributed by atoms with Gasteiger partial charge in [-0.05, 0) is 6.42 Å². The predicted molar refractivity (Wildman–Crippen MR) is 206 cm³/mol. The molecular formula is C33H73N15O4. The average molecular weight is 744 g/mol. The number of carbonyl (C=O) groups is 4. The molecular weight excluding hydrogens is 670 g/mol. The number of rotatable bonds is 24. The molecule has 0 bridgehead atoms. The van der Waals surface area contributed by atoms with E-state index in [1.54, 1.807) is 19.6 Å². The normalized spacial score (nSPS) is 15.8. The molecule has 19 heteroatoms. The molecule has 1 saturated heterocycles. The Morgan fingerprint density at radius 2 is 0.538 bits per heavy atom. The van der Waals surface area contributed by atoms with Gasteiger partial charge in [-0.2, -0.15) is 0 Å². The fourth-order valence-corrected chi connectivity index (χ4v) is 6.18. The van der Waals surface area contributed by atoms with Crippen LogP contribution in [0.15, 0.2) is 0 Å². The third-order valence-corrected chi connectivity index (χ3v) is 9.06. The summed E-state index contributed by atoms with van der Waals surface area (Å²) in [6.07, 6.45) is 0.816. The first kappa shape index (κ1) is 47.5. The summed E-state index contributed by atoms with van der Waals surface area (Å²) in [5.74, 6) is -0.248. The number of hydrogen-bond donors (Lipinski definition) is 7. The molecule has 0 aromatic carbocycles. The Bertz CT molecular complexity index is 805. The quantitative estimate of drug-likeness (QED) is 0.0484. The molecule has 0 saturated carbocycles. The largest absolute Gasteiger partial charge is 0.340 e. The van der Waals surface area contributed by atoms with Crippen molar-refractivity contribution in [2.45, 2.75) is 13.3 Å². The first-order chi connectivity index (χ1) is 25.1. The lowest BCUT2D eigenvalue weighted by molar-refractivity contribution is -0.135. The van der Waals surface area contributed by atoms with Crippen LogP contribution in [0.1, 0.15) is 13.3 Å². The summed E-state index contributed by atoms with van der Waals surface area (Å²) in [6, 6.07) is 0. The van der Waals surface area contributed by atoms with Gasteiger partial charge < -0.3 is 59.7 Å². The van der Waals surface area contributed by atoms with Crippen LogP contribution < -0.4 is 40.1 Å². The van der Waals surface area contributed by atoms with Gasteiger partial charge in [0.25, 0.3) is 0 Å². The third-order valence-electron chi connectivity index (χ3n) is 9.06. The highest BCUT2D eigenvalue weighted by molar-refractivity contribution is 5.79. The van der Waals surface area contributed by atoms with Crippen LogP contribution in [0, 0.1) is 0 Å². The number of hydrogen-bond acceptors (Lipinski definition) is 15. The molecule has 0 radical (unpaired) electrons. The smallest absolute Gasteiger partial charge is 0.236 e. The van der Waals surface area contributed by atoms with Crippen molar-refractivity contribution < 1.29 is 19.2 Å². The fraction of sp³-hybridized carbons (Fsp3) is 0.879. The fourth-order valence-electron chi connectivity index (χ4n) is 6.18. The Balaban J connectivity index is 3.44. The Morgan fingerprint density at radius 1 is 0.365 bits per heavy atom. The number of carbonyl (C=O) groups excluding carboxylic acids is 4. The Morgan fingerprint density at radius 3 is 0.692 bits per heavy atom. The maximum Gasteiger partial charge on any atom is 0.236 e. The van der Waals surface area contributed by atoms with Crippen LogP contribution in [0.25, 0.3) is 0 Å². The lowest BCUT2D eigenvalue weighted by Gasteiger charge is -2.36. The van der Waals surface area contributed by atoms with Crippen LogP contribution in [0.5, 0.6) is 0 Å². The Kier molecular flexibility index (Phi) is 26.4. The molecule has 0 spiro atoms. The highest BCUT2D eigenvalue weighted by atomic mass is 16.2. The summed E-state index contributed by atoms with van der Waals surface area (Å²) in [4.78, 5) is 69.1. The molecule has 0 aromatic heterocycles. The first-order valence-corrected chi connectivity index (χ1v) is 19.0. The van der Waals surface area contributed by atoms with Crippen molar-refractivity contribution in [2.75, 3.05) is 177 Å². The zero-order chi connectivity index (χ0) is 38.7. The van der Waals surface area contributed by atoms with Crippen molar-refractivity contribution in [1.29, 1.82) is 0 Å². The molecule has 0 atom stereocenters. The van der Waals surface area contributed by atoms with E-state index in [2.05, 4.69) is 19.6 Å². The summed E-state index contributed by atoms with van der Waals surface area (Å²) >= 11 is 0. The lowest BCUT2D eigenvalue weighted by Crippen LogP contribution is -2.53. The molecule has 0 aliphatic carbocycles. The van der Waals surface area contributed by atoms with Crippen molar-refractivity contribution in [2.24, 2.45) is 40.1 Å². The molecule has 1 aliphatic heterocycles. The van der Waals surface area contributed by atoms with E-state index in [1.807, 2.05) is 6.92 Å². The Labute approximate surface area is 312 Å². The summed E-state index contributed by atoms with van der Waals surface area (Å²) in [5, 5.41) is 0. The standard InChI is InChI=1S/C33H73N15O4/c1-2-10-45(11-3-34)30(49)26-41-18-20-42(27-31(50)46(12-4-35)13-5-36)22-24-44(29-33(52)48(16-8-39)17-9-40)25-23-43(21-19-41)28-32(51)47(14-6-37)15-7-38/h2-29,34-40H2,1H3. The van der Waals surface area contributed by atoms with Crippen LogP contribution in [-0.2, 0) is 19.2 Å². The van der Waals surface area contributed by atoms with Gasteiger partial charge >= 0.3 is 0 Å². The second-order valence-electron chi connectivity index (χ2n) is 13.1. The summed E-state index contributed by atoms with van der Waals surface area (Å²) in [6.45, 7) is 12.4. The van der Waals surface area contributed by atoms with E-state index in [9.17, 15) is 19.2 Å². The van der Waals surface area contributed by atoms with Crippen LogP contribution >= 0.6 is 0 Å². The van der Waals surface area contributed by atoms with E-state index in [1.165, 1.54) is 0 Å². The molecule has 1 aliphatic rings. The van der Waals surface area contributed by atoms with E-state index in [0.717, 1.165) is 6.42 Å². The van der Waals surface area contributed by atoms with Crippen LogP contribution in [-0.4, -0.2) is 240 Å². The number of nitrogens with two attached hydrogens (primary N) is 7. The zero-order valence-electron chi connectivity index (χ0n) is 32.1. The van der Waals surface area contributed by atoms with Crippen LogP contribution in [0.3, 0.4) is 0 Å². The molecule has 52 heavy (non-hydrogen) atoms. The SMILES string of the molecule is CCCN(CCN)C(=O)CN1CCN(CC(=O)N(CCN)CCN)CCN(CC(=O)N(CCN)CCN)CCN(CC(=O)N(CCN)CCN)CC1. The minimum absolute atomic E-state index is 0.0111. The molecule has 14 N–H and O–H groups in total. The van der Waals surface area contributed by atoms with E-state index >= 15 is 0 Å². The Hall–Kier alpha value is -2.56. The maximum atomic E-state index is 13.5. The molecule has 1 fully saturated rings. The van der Waals surface area contributed by atoms with Gasteiger partial charge in [-0.25, -0.2) is 0 Å². The van der Waals surface area contributed by atoms with Gasteiger partial charge in [0.1, 0.15) is 0 Å². The van der Waals surface area contributed by atoms with E-state index in [-0.39, 0.29) is 49.8 Å². The predicted octanol–water partition coefficient (Wildman–Crippen LogP) is -6.36. The second kappa shape index (κ2) is 28.9. The molecule has 1 heterocycles. The first-order valence-electron chi connectivity index (χ1n) is 19.0. The van der Waals surface area contributed by atoms with Crippen molar-refractivity contribution in [3.05, 3.63) is 0 Å². The van der Waals surface area contributed by atoms with Crippen molar-refractivity contribution >= 4 is 23.6 Å². The zero-order valence-corrected chi connectivity index (χ0v) is 32.1. The summed E-state index contributed by atoms with van der Waals surface area (Å²) in [7, 11) is 0. The molecule has 1 rings (SSSR count). The third kappa shape index (κ3) is 19.0. The molecule has 19 nitrogen and oxygen atoms in total. The highest BCUT2D eigenvalue weighted by Gasteiger charge is 2.25. The number of amides is 4. The highest BCUT2D eigenvalue weighted by Crippen LogP contribution is 2.06. The van der Waals surface area contributed by atoms with Crippen molar-refractivity contribution in [1.82, 2.24) is 39.2 Å². The van der Waals surface area contributed by atoms with E-state index < -0.39 is 0 Å². The van der Waals surface area contributed by atoms with Gasteiger partial charge in [0.15, 0.2) is 0 Å². The van der Waals surface area contributed by atoms with Gasteiger partial charge in [0.2, 0.25) is 23.6 Å². The van der Waals surface area contributed by atoms with E-state index in [4.69, 9.17) is 40.1 Å². The molecule has 4 amide bonds. The second-order valence-corrected chi connectivity index (χ2v) is 13.1. The summed E-state index contributed by atoms with van der Waals surface area (Å²) in [5.41, 5.74) is 40.6. The van der Waals surface area contributed by atoms with Crippen molar-refractivity contribution in [3.63, 3.8) is 0 Å². The monoisotopic (exact) mass is 744 g/mol. The minimum Gasteiger partial charge on any atom is -0.340 e. The summed E-state index contributed by atoms with van der Waals surface area (Å²) < 4.78 is 0. The minimum atomic E-state index is -0.0822. The van der Waals surface area contributed by atoms with Crippen molar-refractivity contribution in [3.8, 4) is 0 Å². The average Bonchev–Trinajstić information content (AvgIpc) is 3.11. The number of nitrogens with zero attached hydrogens (tertiary/aromatic N) is 8. The molecule has 304 valence electrons. The van der Waals surface area contributed by atoms with Gasteiger partial charge in [0.05, 0.1) is 26.2 Å². The van der Waals surface area contributed by atoms with Gasteiger partial charge in [0, 0.05) is 151 Å². The molecule has 0 unspecified atom stereocenters. The lowest BCUT2D eigenvalue weighted by atomic mass is 10.3. The van der Waals surface area contributed by atoms with Gasteiger partial charge in [-0.3, -0.25) is 38.8 Å². The topological polar surface area (TPSA) is 276 Å². The maximum absolute atomic E-state index is 13.5. The van der Waals surface area contributed by atoms with E-state index in [0.29, 0.717) is 151 Å². The van der Waals surface area contributed by atoms with Gasteiger partial charge in [-0.15, -0.1) is 0 Å². The van der Waals surface area contributed by atoms with Crippen LogP contribution in [0.4, 0.5) is 0 Å². The van der Waals surface area contributed by atoms with Gasteiger partial charge in [-0.1, -0.05) is 6.92 Å². The van der Waals surface area contributed by atoms with Crippen LogP contribution in [0.2, 0.25) is 0 Å².